The third-order valence-electron chi connectivity index (χ3n) is 2.32. The highest BCUT2D eigenvalue weighted by molar-refractivity contribution is 5.60. The molecule has 2 rings (SSSR count). The van der Waals surface area contributed by atoms with Gasteiger partial charge in [0.25, 0.3) is 0 Å². The van der Waals surface area contributed by atoms with Gasteiger partial charge in [0, 0.05) is 5.56 Å². The van der Waals surface area contributed by atoms with E-state index in [1.54, 1.807) is 7.11 Å². The fourth-order valence-corrected chi connectivity index (χ4v) is 1.55. The number of ether oxygens (including phenoxy) is 2. The molecule has 0 bridgehead atoms. The van der Waals surface area contributed by atoms with Crippen LogP contribution >= 0.6 is 0 Å². The van der Waals surface area contributed by atoms with Gasteiger partial charge in [-0.05, 0) is 32.0 Å². The predicted octanol–water partition coefficient (Wildman–Crippen LogP) is 2.19. The zero-order valence-electron chi connectivity index (χ0n) is 10.2. The summed E-state index contributed by atoms with van der Waals surface area (Å²) in [6.07, 6.45) is 0. The number of aromatic amines is 1. The number of nitrogens with zero attached hydrogens (tertiary/aromatic N) is 2. The van der Waals surface area contributed by atoms with E-state index in [0.29, 0.717) is 18.2 Å². The molecule has 0 fully saturated rings. The molecular weight excluding hydrogens is 218 g/mol. The molecule has 5 nitrogen and oxygen atoms in total. The molecule has 0 saturated carbocycles. The first-order valence-corrected chi connectivity index (χ1v) is 5.44. The molecular formula is C12H15N3O2. The summed E-state index contributed by atoms with van der Waals surface area (Å²) in [7, 11) is 1.62. The summed E-state index contributed by atoms with van der Waals surface area (Å²) in [5.41, 5.74) is 0.898. The number of hydrogen-bond acceptors (Lipinski definition) is 4. The van der Waals surface area contributed by atoms with Gasteiger partial charge in [-0.1, -0.05) is 0 Å². The van der Waals surface area contributed by atoms with E-state index in [1.165, 1.54) is 0 Å². The van der Waals surface area contributed by atoms with Crippen molar-refractivity contribution >= 4 is 0 Å². The van der Waals surface area contributed by atoms with Gasteiger partial charge in [0.15, 0.2) is 17.3 Å². The van der Waals surface area contributed by atoms with Crippen molar-refractivity contribution in [2.75, 3.05) is 13.7 Å². The molecule has 0 spiro atoms. The van der Waals surface area contributed by atoms with Crippen molar-refractivity contribution in [3.63, 3.8) is 0 Å². The minimum atomic E-state index is 0.607. The molecule has 0 atom stereocenters. The molecule has 0 amide bonds. The highest BCUT2D eigenvalue weighted by Gasteiger charge is 2.09. The Bertz CT molecular complexity index is 508. The lowest BCUT2D eigenvalue weighted by Crippen LogP contribution is -1.95. The molecule has 0 aliphatic rings. The Morgan fingerprint density at radius 1 is 1.29 bits per heavy atom. The monoisotopic (exact) mass is 233 g/mol. The fraction of sp³-hybridized carbons (Fsp3) is 0.333. The van der Waals surface area contributed by atoms with Crippen molar-refractivity contribution in [1.82, 2.24) is 15.2 Å². The lowest BCUT2D eigenvalue weighted by molar-refractivity contribution is 0.311. The quantitative estimate of drug-likeness (QED) is 0.879. The van der Waals surface area contributed by atoms with E-state index < -0.39 is 0 Å². The van der Waals surface area contributed by atoms with Crippen molar-refractivity contribution in [1.29, 1.82) is 0 Å². The smallest absolute Gasteiger partial charge is 0.181 e. The summed E-state index contributed by atoms with van der Waals surface area (Å²) in [5, 5.41) is 6.92. The van der Waals surface area contributed by atoms with Crippen molar-refractivity contribution in [2.45, 2.75) is 13.8 Å². The number of hydrogen-bond donors (Lipinski definition) is 1. The van der Waals surface area contributed by atoms with Crippen LogP contribution in [-0.2, 0) is 0 Å². The van der Waals surface area contributed by atoms with Crippen LogP contribution in [0, 0.1) is 6.92 Å². The van der Waals surface area contributed by atoms with Crippen LogP contribution in [0.3, 0.4) is 0 Å². The number of aromatic nitrogens is 3. The topological polar surface area (TPSA) is 60.0 Å². The van der Waals surface area contributed by atoms with Crippen LogP contribution in [0.25, 0.3) is 11.4 Å². The van der Waals surface area contributed by atoms with E-state index in [4.69, 9.17) is 9.47 Å². The van der Waals surface area contributed by atoms with E-state index in [-0.39, 0.29) is 0 Å². The molecule has 0 aliphatic carbocycles. The molecule has 17 heavy (non-hydrogen) atoms. The third-order valence-corrected chi connectivity index (χ3v) is 2.32. The van der Waals surface area contributed by atoms with Crippen LogP contribution in [-0.4, -0.2) is 28.9 Å². The van der Waals surface area contributed by atoms with Crippen LogP contribution in [0.5, 0.6) is 11.5 Å². The first-order valence-electron chi connectivity index (χ1n) is 5.44. The van der Waals surface area contributed by atoms with E-state index in [1.807, 2.05) is 32.0 Å². The Labute approximate surface area is 99.8 Å². The molecule has 0 saturated heterocycles. The van der Waals surface area contributed by atoms with E-state index in [2.05, 4.69) is 15.2 Å². The average Bonchev–Trinajstić information content (AvgIpc) is 2.77. The Kier molecular flexibility index (Phi) is 3.27. The molecule has 0 aliphatic heterocycles. The summed E-state index contributed by atoms with van der Waals surface area (Å²) in [6, 6.07) is 5.65. The number of benzene rings is 1. The first kappa shape index (κ1) is 11.4. The van der Waals surface area contributed by atoms with Gasteiger partial charge in [0.1, 0.15) is 5.82 Å². The Hall–Kier alpha value is -2.04. The van der Waals surface area contributed by atoms with Crippen molar-refractivity contribution < 1.29 is 9.47 Å². The summed E-state index contributed by atoms with van der Waals surface area (Å²) in [6.45, 7) is 4.41. The van der Waals surface area contributed by atoms with Crippen LogP contribution in [0.2, 0.25) is 0 Å². The zero-order valence-corrected chi connectivity index (χ0v) is 10.2. The standard InChI is InChI=1S/C12H15N3O2/c1-4-17-10-6-5-9(7-11(10)16-3)12-13-8(2)14-15-12/h5-7H,4H2,1-3H3,(H,13,14,15). The first-order chi connectivity index (χ1) is 8.24. The van der Waals surface area contributed by atoms with Gasteiger partial charge in [-0.3, -0.25) is 5.10 Å². The molecule has 1 N–H and O–H groups in total. The van der Waals surface area contributed by atoms with Gasteiger partial charge in [0.05, 0.1) is 13.7 Å². The van der Waals surface area contributed by atoms with Crippen LogP contribution in [0.4, 0.5) is 0 Å². The molecule has 1 aromatic heterocycles. The van der Waals surface area contributed by atoms with Crippen LogP contribution in [0.1, 0.15) is 12.7 Å². The normalized spacial score (nSPS) is 10.3. The summed E-state index contributed by atoms with van der Waals surface area (Å²) in [4.78, 5) is 4.27. The third kappa shape index (κ3) is 2.38. The molecule has 90 valence electrons. The predicted molar refractivity (Wildman–Crippen MR) is 64.3 cm³/mol. The number of aryl methyl sites for hydroxylation is 1. The van der Waals surface area contributed by atoms with Crippen molar-refractivity contribution in [3.05, 3.63) is 24.0 Å². The molecule has 0 radical (unpaired) electrons. The van der Waals surface area contributed by atoms with Gasteiger partial charge < -0.3 is 9.47 Å². The number of rotatable bonds is 4. The second kappa shape index (κ2) is 4.86. The maximum absolute atomic E-state index is 5.45. The van der Waals surface area contributed by atoms with Gasteiger partial charge in [-0.25, -0.2) is 4.98 Å². The summed E-state index contributed by atoms with van der Waals surface area (Å²) >= 11 is 0. The van der Waals surface area contributed by atoms with E-state index >= 15 is 0 Å². The van der Waals surface area contributed by atoms with Crippen molar-refractivity contribution in [2.24, 2.45) is 0 Å². The highest BCUT2D eigenvalue weighted by Crippen LogP contribution is 2.31. The number of nitrogens with one attached hydrogen (secondary N) is 1. The minimum absolute atomic E-state index is 0.607. The maximum atomic E-state index is 5.45. The summed E-state index contributed by atoms with van der Waals surface area (Å²) in [5.74, 6) is 2.86. The number of H-pyrrole nitrogens is 1. The van der Waals surface area contributed by atoms with Crippen LogP contribution < -0.4 is 9.47 Å². The molecule has 1 aromatic carbocycles. The van der Waals surface area contributed by atoms with E-state index in [9.17, 15) is 0 Å². The largest absolute Gasteiger partial charge is 0.493 e. The lowest BCUT2D eigenvalue weighted by Gasteiger charge is -2.09. The van der Waals surface area contributed by atoms with Gasteiger partial charge in [0.2, 0.25) is 0 Å². The summed E-state index contributed by atoms with van der Waals surface area (Å²) < 4.78 is 10.7. The molecule has 2 aromatic rings. The van der Waals surface area contributed by atoms with Crippen LogP contribution in [0.15, 0.2) is 18.2 Å². The Balaban J connectivity index is 2.37. The molecule has 0 unspecified atom stereocenters. The van der Waals surface area contributed by atoms with Gasteiger partial charge in [-0.15, -0.1) is 0 Å². The number of methoxy groups -OCH3 is 1. The lowest BCUT2D eigenvalue weighted by atomic mass is 10.2. The zero-order chi connectivity index (χ0) is 12.3. The maximum Gasteiger partial charge on any atom is 0.181 e. The second-order valence-corrected chi connectivity index (χ2v) is 3.54. The molecule has 1 heterocycles. The average molecular weight is 233 g/mol. The molecule has 5 heteroatoms. The Morgan fingerprint density at radius 2 is 2.12 bits per heavy atom. The second-order valence-electron chi connectivity index (χ2n) is 3.54. The van der Waals surface area contributed by atoms with E-state index in [0.717, 1.165) is 17.1 Å². The van der Waals surface area contributed by atoms with Crippen molar-refractivity contribution in [3.8, 4) is 22.9 Å². The van der Waals surface area contributed by atoms with Gasteiger partial charge in [-0.2, -0.15) is 5.10 Å². The minimum Gasteiger partial charge on any atom is -0.493 e. The highest BCUT2D eigenvalue weighted by atomic mass is 16.5. The SMILES string of the molecule is CCOc1ccc(-c2n[nH]c(C)n2)cc1OC. The fourth-order valence-electron chi connectivity index (χ4n) is 1.55. The van der Waals surface area contributed by atoms with Gasteiger partial charge >= 0.3 is 0 Å². The Morgan fingerprint density at radius 3 is 2.71 bits per heavy atom.